The van der Waals surface area contributed by atoms with Crippen LogP contribution in [0.1, 0.15) is 43.4 Å². The molecule has 30 heavy (non-hydrogen) atoms. The van der Waals surface area contributed by atoms with Crippen molar-refractivity contribution in [2.24, 2.45) is 5.92 Å². The van der Waals surface area contributed by atoms with E-state index in [0.29, 0.717) is 18.8 Å². The molecule has 2 fully saturated rings. The van der Waals surface area contributed by atoms with E-state index in [-0.39, 0.29) is 36.8 Å². The molecule has 1 unspecified atom stereocenters. The zero-order chi connectivity index (χ0) is 21.5. The Labute approximate surface area is 173 Å². The summed E-state index contributed by atoms with van der Waals surface area (Å²) in [5.41, 5.74) is 2.54. The minimum atomic E-state index is -2.70. The van der Waals surface area contributed by atoms with Crippen LogP contribution in [0.4, 0.5) is 18.9 Å². The molecule has 1 saturated carbocycles. The lowest BCUT2D eigenvalue weighted by Gasteiger charge is -2.41. The monoisotopic (exact) mass is 419 g/mol. The van der Waals surface area contributed by atoms with Crippen molar-refractivity contribution in [2.75, 3.05) is 24.6 Å². The summed E-state index contributed by atoms with van der Waals surface area (Å²) in [5, 5.41) is 2.85. The highest BCUT2D eigenvalue weighted by Gasteiger charge is 2.57. The van der Waals surface area contributed by atoms with Crippen molar-refractivity contribution >= 4 is 11.6 Å². The van der Waals surface area contributed by atoms with Gasteiger partial charge in [-0.2, -0.15) is 4.39 Å². The third-order valence-corrected chi connectivity index (χ3v) is 5.76. The third-order valence-electron chi connectivity index (χ3n) is 5.76. The second-order valence-electron chi connectivity index (χ2n) is 8.11. The van der Waals surface area contributed by atoms with Crippen LogP contribution in [0.15, 0.2) is 36.5 Å². The van der Waals surface area contributed by atoms with Gasteiger partial charge in [0.15, 0.2) is 0 Å². The van der Waals surface area contributed by atoms with Gasteiger partial charge in [-0.25, -0.2) is 13.8 Å². The van der Waals surface area contributed by atoms with E-state index in [9.17, 15) is 18.0 Å². The van der Waals surface area contributed by atoms with Crippen molar-refractivity contribution in [1.29, 1.82) is 0 Å². The standard InChI is InChI=1S/C22H24F3N3O2/c1-13(27-14(2)29)15-3-5-16(6-4-15)17-10-28(11-17)19-7-8-26-21(20(19)23)30-12-18-9-22(18,24)25/h3-8,13,17-18H,9-12H2,1-2H3,(H,27,29)/t13-,18?/m0/s1. The quantitative estimate of drug-likeness (QED) is 0.736. The lowest BCUT2D eigenvalue weighted by atomic mass is 9.90. The van der Waals surface area contributed by atoms with E-state index < -0.39 is 17.7 Å². The lowest BCUT2D eigenvalue weighted by Crippen LogP contribution is -2.45. The molecule has 0 radical (unpaired) electrons. The van der Waals surface area contributed by atoms with Gasteiger partial charge in [-0.15, -0.1) is 0 Å². The number of pyridine rings is 1. The van der Waals surface area contributed by atoms with Crippen LogP contribution in [0, 0.1) is 11.7 Å². The summed E-state index contributed by atoms with van der Waals surface area (Å²) in [6.45, 7) is 4.47. The summed E-state index contributed by atoms with van der Waals surface area (Å²) in [4.78, 5) is 16.9. The number of nitrogens with zero attached hydrogens (tertiary/aromatic N) is 2. The number of halogens is 3. The number of carbonyl (C=O) groups is 1. The number of alkyl halides is 2. The number of nitrogens with one attached hydrogen (secondary N) is 1. The second-order valence-corrected chi connectivity index (χ2v) is 8.11. The molecule has 8 heteroatoms. The largest absolute Gasteiger partial charge is 0.475 e. The minimum Gasteiger partial charge on any atom is -0.475 e. The Bertz CT molecular complexity index is 930. The zero-order valence-electron chi connectivity index (χ0n) is 16.9. The van der Waals surface area contributed by atoms with Crippen LogP contribution in [0.2, 0.25) is 0 Å². The Morgan fingerprint density at radius 2 is 1.97 bits per heavy atom. The molecule has 5 nitrogen and oxygen atoms in total. The first-order chi connectivity index (χ1) is 14.2. The molecule has 1 saturated heterocycles. The van der Waals surface area contributed by atoms with Gasteiger partial charge >= 0.3 is 0 Å². The van der Waals surface area contributed by atoms with E-state index in [4.69, 9.17) is 4.74 Å². The van der Waals surface area contributed by atoms with Gasteiger partial charge in [0, 0.05) is 38.5 Å². The third kappa shape index (κ3) is 4.22. The van der Waals surface area contributed by atoms with E-state index in [1.54, 1.807) is 6.07 Å². The highest BCUT2D eigenvalue weighted by atomic mass is 19.3. The second kappa shape index (κ2) is 7.81. The van der Waals surface area contributed by atoms with Gasteiger partial charge in [-0.3, -0.25) is 4.79 Å². The molecule has 4 rings (SSSR count). The van der Waals surface area contributed by atoms with Gasteiger partial charge in [0.2, 0.25) is 11.7 Å². The molecule has 2 aromatic rings. The van der Waals surface area contributed by atoms with Crippen LogP contribution in [0.3, 0.4) is 0 Å². The number of benzene rings is 1. The van der Waals surface area contributed by atoms with Crippen LogP contribution in [0.25, 0.3) is 0 Å². The first kappa shape index (κ1) is 20.5. The smallest absolute Gasteiger partial charge is 0.255 e. The topological polar surface area (TPSA) is 54.5 Å². The first-order valence-corrected chi connectivity index (χ1v) is 10.0. The summed E-state index contributed by atoms with van der Waals surface area (Å²) >= 11 is 0. The van der Waals surface area contributed by atoms with Crippen molar-refractivity contribution in [1.82, 2.24) is 10.3 Å². The number of carbonyl (C=O) groups excluding carboxylic acids is 1. The number of hydrogen-bond donors (Lipinski definition) is 1. The molecular formula is C22H24F3N3O2. The fraction of sp³-hybridized carbons (Fsp3) is 0.455. The molecule has 2 atom stereocenters. The predicted octanol–water partition coefficient (Wildman–Crippen LogP) is 4.06. The average molecular weight is 419 g/mol. The Balaban J connectivity index is 1.35. The van der Waals surface area contributed by atoms with Gasteiger partial charge < -0.3 is 15.0 Å². The molecule has 1 N–H and O–H groups in total. The first-order valence-electron chi connectivity index (χ1n) is 10.0. The summed E-state index contributed by atoms with van der Waals surface area (Å²) in [7, 11) is 0. The minimum absolute atomic E-state index is 0.0608. The van der Waals surface area contributed by atoms with E-state index in [0.717, 1.165) is 11.1 Å². The summed E-state index contributed by atoms with van der Waals surface area (Å²) in [6, 6.07) is 9.55. The molecule has 2 aliphatic rings. The Morgan fingerprint density at radius 3 is 2.57 bits per heavy atom. The van der Waals surface area contributed by atoms with E-state index >= 15 is 0 Å². The van der Waals surface area contributed by atoms with Crippen molar-refractivity contribution in [2.45, 2.75) is 38.2 Å². The molecule has 1 aliphatic heterocycles. The highest BCUT2D eigenvalue weighted by Crippen LogP contribution is 2.48. The Morgan fingerprint density at radius 1 is 1.30 bits per heavy atom. The molecule has 1 aliphatic carbocycles. The summed E-state index contributed by atoms with van der Waals surface area (Å²) < 4.78 is 45.9. The van der Waals surface area contributed by atoms with Gasteiger partial charge in [-0.1, -0.05) is 24.3 Å². The maximum atomic E-state index is 14.7. The average Bonchev–Trinajstić information content (AvgIpc) is 3.27. The van der Waals surface area contributed by atoms with Gasteiger partial charge in [-0.05, 0) is 24.1 Å². The van der Waals surface area contributed by atoms with E-state index in [2.05, 4.69) is 10.3 Å². The van der Waals surface area contributed by atoms with Gasteiger partial charge in [0.1, 0.15) is 0 Å². The van der Waals surface area contributed by atoms with Crippen molar-refractivity contribution < 1.29 is 22.7 Å². The van der Waals surface area contributed by atoms with Crippen LogP contribution >= 0.6 is 0 Å². The molecule has 0 spiro atoms. The van der Waals surface area contributed by atoms with E-state index in [1.807, 2.05) is 36.1 Å². The SMILES string of the molecule is CC(=O)N[C@@H](C)c1ccc(C2CN(c3ccnc(OCC4CC4(F)F)c3F)C2)cc1. The van der Waals surface area contributed by atoms with Gasteiger partial charge in [0.25, 0.3) is 11.8 Å². The number of hydrogen-bond acceptors (Lipinski definition) is 4. The van der Waals surface area contributed by atoms with Crippen molar-refractivity contribution in [3.63, 3.8) is 0 Å². The lowest BCUT2D eigenvalue weighted by molar-refractivity contribution is -0.119. The molecule has 0 bridgehead atoms. The maximum absolute atomic E-state index is 14.7. The number of rotatable bonds is 7. The van der Waals surface area contributed by atoms with Crippen molar-refractivity contribution in [3.8, 4) is 5.88 Å². The number of amides is 1. The molecular weight excluding hydrogens is 395 g/mol. The highest BCUT2D eigenvalue weighted by molar-refractivity contribution is 5.73. The predicted molar refractivity (Wildman–Crippen MR) is 106 cm³/mol. The van der Waals surface area contributed by atoms with Crippen molar-refractivity contribution in [3.05, 3.63) is 53.5 Å². The van der Waals surface area contributed by atoms with Crippen LogP contribution in [0.5, 0.6) is 5.88 Å². The van der Waals surface area contributed by atoms with Gasteiger partial charge in [0.05, 0.1) is 24.3 Å². The van der Waals surface area contributed by atoms with Crippen LogP contribution in [-0.2, 0) is 4.79 Å². The molecule has 2 heterocycles. The Kier molecular flexibility index (Phi) is 5.34. The number of anilines is 1. The van der Waals surface area contributed by atoms with Crippen LogP contribution < -0.4 is 15.0 Å². The Hall–Kier alpha value is -2.77. The zero-order valence-corrected chi connectivity index (χ0v) is 16.9. The van der Waals surface area contributed by atoms with E-state index in [1.165, 1.54) is 13.1 Å². The fourth-order valence-electron chi connectivity index (χ4n) is 3.72. The molecule has 160 valence electrons. The molecule has 1 aromatic heterocycles. The van der Waals surface area contributed by atoms with Crippen LogP contribution in [-0.4, -0.2) is 36.5 Å². The number of aromatic nitrogens is 1. The molecule has 1 aromatic carbocycles. The molecule has 1 amide bonds. The summed E-state index contributed by atoms with van der Waals surface area (Å²) in [6.07, 6.45) is 1.22. The fourth-order valence-corrected chi connectivity index (χ4v) is 3.72. The maximum Gasteiger partial charge on any atom is 0.255 e. The normalized spacial score (nSPS) is 21.0. The number of ether oxygens (including phenoxy) is 1. The summed E-state index contributed by atoms with van der Waals surface area (Å²) in [5.74, 6) is -4.21.